The van der Waals surface area contributed by atoms with E-state index in [2.05, 4.69) is 16.0 Å². The van der Waals surface area contributed by atoms with Crippen LogP contribution in [0.5, 0.6) is 0 Å². The number of carbonyl (C=O) groups excluding carboxylic acids is 1. The monoisotopic (exact) mass is 546 g/mol. The van der Waals surface area contributed by atoms with Crippen LogP contribution in [0.25, 0.3) is 0 Å². The smallest absolute Gasteiger partial charge is 0.756 e. The third kappa shape index (κ3) is 20.4. The van der Waals surface area contributed by atoms with Gasteiger partial charge in [0.25, 0.3) is 7.82 Å². The fraction of sp³-hybridized carbons (Fsp3) is 0.960. The molecule has 1 rings (SSSR count). The molecule has 36 heavy (non-hydrogen) atoms. The average Bonchev–Trinajstić information content (AvgIpc) is 3.59. The number of carbonyl (C=O) groups is 1. The van der Waals surface area contributed by atoms with Gasteiger partial charge < -0.3 is 34.0 Å². The van der Waals surface area contributed by atoms with Crippen LogP contribution in [0, 0.1) is 11.8 Å². The second kappa shape index (κ2) is 22.3. The van der Waals surface area contributed by atoms with Crippen LogP contribution < -0.4 is 34.5 Å². The molecule has 1 saturated carbocycles. The predicted octanol–water partition coefficient (Wildman–Crippen LogP) is 0.867. The van der Waals surface area contributed by atoms with Crippen LogP contribution in [-0.4, -0.2) is 59.9 Å². The van der Waals surface area contributed by atoms with E-state index in [1.165, 1.54) is 70.6 Å². The number of ether oxygens (including phenoxy) is 1. The van der Waals surface area contributed by atoms with Gasteiger partial charge in [0.15, 0.2) is 0 Å². The first kappa shape index (κ1) is 36.5. The first-order valence-corrected chi connectivity index (χ1v) is 15.0. The maximum atomic E-state index is 11.8. The number of hydrogen-bond donors (Lipinski definition) is 3. The van der Waals surface area contributed by atoms with E-state index in [4.69, 9.17) is 14.9 Å². The van der Waals surface area contributed by atoms with Gasteiger partial charge in [-0.3, -0.25) is 9.36 Å². The molecule has 0 heterocycles. The van der Waals surface area contributed by atoms with Crippen molar-refractivity contribution >= 4 is 13.8 Å². The predicted molar refractivity (Wildman–Crippen MR) is 131 cm³/mol. The number of aliphatic hydroxyl groups excluding tert-OH is 3. The zero-order valence-corrected chi connectivity index (χ0v) is 25.4. The molecule has 2 unspecified atom stereocenters. The van der Waals surface area contributed by atoms with E-state index in [0.29, 0.717) is 0 Å². The molecule has 0 amide bonds. The SMILES string of the molecule is CCCCCC[C@H]1C[C@H]1CCCCCCCCCC(=O)OC[C@@H](O)COP(=O)([O-])OCC(O)CO.[Na+]. The van der Waals surface area contributed by atoms with Crippen molar-refractivity contribution in [2.45, 2.75) is 115 Å². The summed E-state index contributed by atoms with van der Waals surface area (Å²) in [4.78, 5) is 23.2. The molecule has 1 fully saturated rings. The zero-order valence-electron chi connectivity index (χ0n) is 22.5. The molecule has 0 aromatic rings. The summed E-state index contributed by atoms with van der Waals surface area (Å²) in [5, 5.41) is 27.4. The van der Waals surface area contributed by atoms with E-state index < -0.39 is 45.8 Å². The molecule has 5 atom stereocenters. The maximum absolute atomic E-state index is 11.8. The van der Waals surface area contributed by atoms with Crippen LogP contribution in [0.15, 0.2) is 0 Å². The summed E-state index contributed by atoms with van der Waals surface area (Å²) in [6.07, 6.45) is 15.2. The fourth-order valence-electron chi connectivity index (χ4n) is 4.16. The normalized spacial score (nSPS) is 20.2. The quantitative estimate of drug-likeness (QED) is 0.0695. The molecule has 0 radical (unpaired) electrons. The molecule has 208 valence electrons. The summed E-state index contributed by atoms with van der Waals surface area (Å²) in [5.74, 6) is 1.57. The molecular weight excluding hydrogens is 498 g/mol. The van der Waals surface area contributed by atoms with E-state index in [1.54, 1.807) is 0 Å². The van der Waals surface area contributed by atoms with Gasteiger partial charge in [0.2, 0.25) is 0 Å². The van der Waals surface area contributed by atoms with Gasteiger partial charge in [-0.1, -0.05) is 84.0 Å². The first-order chi connectivity index (χ1) is 16.8. The van der Waals surface area contributed by atoms with Crippen molar-refractivity contribution in [3.05, 3.63) is 0 Å². The van der Waals surface area contributed by atoms with Gasteiger partial charge in [0.1, 0.15) is 18.8 Å². The largest absolute Gasteiger partial charge is 1.00 e. The molecule has 0 aromatic carbocycles. The van der Waals surface area contributed by atoms with Gasteiger partial charge >= 0.3 is 35.5 Å². The van der Waals surface area contributed by atoms with Gasteiger partial charge in [-0.15, -0.1) is 0 Å². The van der Waals surface area contributed by atoms with Crippen molar-refractivity contribution in [1.29, 1.82) is 0 Å². The summed E-state index contributed by atoms with van der Waals surface area (Å²) in [7, 11) is -4.73. The molecule has 9 nitrogen and oxygen atoms in total. The zero-order chi connectivity index (χ0) is 25.9. The fourth-order valence-corrected chi connectivity index (χ4v) is 4.95. The molecule has 3 N–H and O–H groups in total. The minimum atomic E-state index is -4.73. The number of hydrogen-bond acceptors (Lipinski definition) is 9. The van der Waals surface area contributed by atoms with Gasteiger partial charge in [0.05, 0.1) is 19.8 Å². The minimum Gasteiger partial charge on any atom is -0.756 e. The summed E-state index contributed by atoms with van der Waals surface area (Å²) in [6.45, 7) is -0.0564. The second-order valence-electron chi connectivity index (χ2n) is 9.83. The molecule has 1 aliphatic rings. The van der Waals surface area contributed by atoms with Crippen molar-refractivity contribution in [3.8, 4) is 0 Å². The van der Waals surface area contributed by atoms with Crippen molar-refractivity contribution < 1.29 is 72.9 Å². The molecule has 0 saturated heterocycles. The topological polar surface area (TPSA) is 146 Å². The Morgan fingerprint density at radius 3 is 1.92 bits per heavy atom. The average molecular weight is 547 g/mol. The van der Waals surface area contributed by atoms with Crippen molar-refractivity contribution in [2.24, 2.45) is 11.8 Å². The standard InChI is InChI=1S/C25H49O9P.Na/c1-2-3-4-10-13-21-16-22(21)14-11-8-6-5-7-9-12-15-25(29)32-18-24(28)20-34-35(30,31)33-19-23(27)17-26;/h21-24,26-28H,2-20H2,1H3,(H,30,31);/q;+1/p-1/t21-,22+,23?,24+;/m0./s1. The number of rotatable bonds is 24. The Bertz CT molecular complexity index is 596. The molecule has 0 spiro atoms. The van der Waals surface area contributed by atoms with Crippen LogP contribution in [0.2, 0.25) is 0 Å². The Labute approximate surface area is 239 Å². The Balaban J connectivity index is 0.0000122. The van der Waals surface area contributed by atoms with E-state index >= 15 is 0 Å². The molecule has 11 heteroatoms. The van der Waals surface area contributed by atoms with Crippen LogP contribution in [0.4, 0.5) is 0 Å². The van der Waals surface area contributed by atoms with Gasteiger partial charge in [0, 0.05) is 6.42 Å². The molecule has 0 bridgehead atoms. The van der Waals surface area contributed by atoms with E-state index in [0.717, 1.165) is 31.1 Å². The first-order valence-electron chi connectivity index (χ1n) is 13.5. The number of esters is 1. The number of phosphoric ester groups is 1. The van der Waals surface area contributed by atoms with Gasteiger partial charge in [-0.25, -0.2) is 0 Å². The maximum Gasteiger partial charge on any atom is 1.00 e. The summed E-state index contributed by atoms with van der Waals surface area (Å²) < 4.78 is 25.2. The summed E-state index contributed by atoms with van der Waals surface area (Å²) in [5.41, 5.74) is 0. The van der Waals surface area contributed by atoms with Crippen molar-refractivity contribution in [1.82, 2.24) is 0 Å². The Morgan fingerprint density at radius 2 is 1.36 bits per heavy atom. The van der Waals surface area contributed by atoms with E-state index in [-0.39, 0.29) is 42.6 Å². The number of aliphatic hydroxyl groups is 3. The third-order valence-corrected chi connectivity index (χ3v) is 7.38. The number of phosphoric acid groups is 1. The van der Waals surface area contributed by atoms with Crippen LogP contribution in [-0.2, 0) is 23.1 Å². The summed E-state index contributed by atoms with van der Waals surface area (Å²) in [6, 6.07) is 0. The van der Waals surface area contributed by atoms with Crippen molar-refractivity contribution in [2.75, 3.05) is 26.4 Å². The molecule has 0 aliphatic heterocycles. The minimum absolute atomic E-state index is 0. The Hall–Kier alpha value is 0.460. The third-order valence-electron chi connectivity index (χ3n) is 6.45. The van der Waals surface area contributed by atoms with Crippen LogP contribution in [0.1, 0.15) is 103 Å². The molecule has 0 aromatic heterocycles. The number of unbranched alkanes of at least 4 members (excludes halogenated alkanes) is 9. The van der Waals surface area contributed by atoms with E-state index in [1.807, 2.05) is 0 Å². The Kier molecular flexibility index (Phi) is 22.6. The van der Waals surface area contributed by atoms with Crippen LogP contribution in [0.3, 0.4) is 0 Å². The van der Waals surface area contributed by atoms with Crippen LogP contribution >= 0.6 is 7.82 Å². The second-order valence-corrected chi connectivity index (χ2v) is 11.2. The van der Waals surface area contributed by atoms with E-state index in [9.17, 15) is 19.4 Å². The van der Waals surface area contributed by atoms with Gasteiger partial charge in [-0.05, 0) is 24.7 Å². The Morgan fingerprint density at radius 1 is 0.861 bits per heavy atom. The summed E-state index contributed by atoms with van der Waals surface area (Å²) >= 11 is 0. The molecular formula is C25H48NaO9P. The molecule has 1 aliphatic carbocycles. The van der Waals surface area contributed by atoms with Gasteiger partial charge in [-0.2, -0.15) is 0 Å². The van der Waals surface area contributed by atoms with Crippen molar-refractivity contribution in [3.63, 3.8) is 0 Å².